The first-order valence-corrected chi connectivity index (χ1v) is 13.5. The van der Waals surface area contributed by atoms with E-state index in [1.54, 1.807) is 0 Å². The Bertz CT molecular complexity index is 1350. The Morgan fingerprint density at radius 1 is 1.00 bits per heavy atom. The number of benzene rings is 2. The van der Waals surface area contributed by atoms with Gasteiger partial charge in [-0.1, -0.05) is 42.4 Å². The van der Waals surface area contributed by atoms with Crippen molar-refractivity contribution in [2.24, 2.45) is 0 Å². The quantitative estimate of drug-likeness (QED) is 0.344. The first-order chi connectivity index (χ1) is 15.7. The highest BCUT2D eigenvalue weighted by atomic mass is 32.2. The van der Waals surface area contributed by atoms with Crippen molar-refractivity contribution in [3.63, 3.8) is 0 Å². The van der Waals surface area contributed by atoms with Crippen molar-refractivity contribution in [2.75, 3.05) is 12.0 Å². The van der Waals surface area contributed by atoms with E-state index < -0.39 is 9.84 Å². The molecule has 0 amide bonds. The Kier molecular flexibility index (Phi) is 6.70. The molecule has 0 radical (unpaired) electrons. The number of hydrogen-bond acceptors (Lipinski definition) is 5. The van der Waals surface area contributed by atoms with Gasteiger partial charge in [0, 0.05) is 24.8 Å². The molecule has 2 aromatic heterocycles. The maximum absolute atomic E-state index is 11.7. The van der Waals surface area contributed by atoms with Crippen LogP contribution < -0.4 is 0 Å². The SMILES string of the molecule is CCc1ccc(CCc2nc3cc(-c4c(C)noc4C)ccc3n2CCCS(C)(=O)=O)cc1. The Labute approximate surface area is 195 Å². The van der Waals surface area contributed by atoms with Crippen LogP contribution >= 0.6 is 0 Å². The number of fused-ring (bicyclic) bond motifs is 1. The van der Waals surface area contributed by atoms with Crippen LogP contribution in [0.5, 0.6) is 0 Å². The molecule has 7 heteroatoms. The van der Waals surface area contributed by atoms with Gasteiger partial charge in [-0.2, -0.15) is 0 Å². The topological polar surface area (TPSA) is 78.0 Å². The van der Waals surface area contributed by atoms with E-state index in [0.29, 0.717) is 13.0 Å². The van der Waals surface area contributed by atoms with Crippen LogP contribution in [0.25, 0.3) is 22.2 Å². The summed E-state index contributed by atoms with van der Waals surface area (Å²) in [6.45, 7) is 6.64. The second kappa shape index (κ2) is 9.51. The summed E-state index contributed by atoms with van der Waals surface area (Å²) < 4.78 is 30.9. The fourth-order valence-electron chi connectivity index (χ4n) is 4.35. The van der Waals surface area contributed by atoms with Crippen LogP contribution in [0.1, 0.15) is 41.8 Å². The van der Waals surface area contributed by atoms with E-state index in [0.717, 1.165) is 58.7 Å². The molecule has 0 aliphatic rings. The van der Waals surface area contributed by atoms with Gasteiger partial charge in [0.2, 0.25) is 0 Å². The zero-order chi connectivity index (χ0) is 23.6. The second-order valence-electron chi connectivity index (χ2n) is 8.74. The van der Waals surface area contributed by atoms with E-state index >= 15 is 0 Å². The zero-order valence-electron chi connectivity index (χ0n) is 19.8. The molecule has 0 saturated carbocycles. The third kappa shape index (κ3) is 5.36. The van der Waals surface area contributed by atoms with Crippen molar-refractivity contribution in [2.45, 2.75) is 53.0 Å². The monoisotopic (exact) mass is 465 g/mol. The van der Waals surface area contributed by atoms with Gasteiger partial charge in [0.1, 0.15) is 21.4 Å². The molecule has 0 saturated heterocycles. The highest BCUT2D eigenvalue weighted by Crippen LogP contribution is 2.30. The number of sulfone groups is 1. The fraction of sp³-hybridized carbons (Fsp3) is 0.385. The Morgan fingerprint density at radius 2 is 1.73 bits per heavy atom. The number of rotatable bonds is 9. The second-order valence-corrected chi connectivity index (χ2v) is 11.0. The lowest BCUT2D eigenvalue weighted by molar-refractivity contribution is 0.393. The lowest BCUT2D eigenvalue weighted by atomic mass is 10.0. The van der Waals surface area contributed by atoms with E-state index in [4.69, 9.17) is 9.51 Å². The molecule has 4 aromatic rings. The maximum Gasteiger partial charge on any atom is 0.147 e. The van der Waals surface area contributed by atoms with Crippen molar-refractivity contribution in [3.8, 4) is 11.1 Å². The van der Waals surface area contributed by atoms with Gasteiger partial charge >= 0.3 is 0 Å². The van der Waals surface area contributed by atoms with Crippen LogP contribution in [0.15, 0.2) is 47.0 Å². The van der Waals surface area contributed by atoms with E-state index in [1.165, 1.54) is 17.4 Å². The number of nitrogens with zero attached hydrogens (tertiary/aromatic N) is 3. The molecule has 2 heterocycles. The van der Waals surface area contributed by atoms with Crippen molar-refractivity contribution in [1.82, 2.24) is 14.7 Å². The van der Waals surface area contributed by atoms with Crippen molar-refractivity contribution < 1.29 is 12.9 Å². The molecular weight excluding hydrogens is 434 g/mol. The highest BCUT2D eigenvalue weighted by molar-refractivity contribution is 7.90. The van der Waals surface area contributed by atoms with Crippen molar-refractivity contribution in [3.05, 3.63) is 70.9 Å². The molecule has 174 valence electrons. The predicted octanol–water partition coefficient (Wildman–Crippen LogP) is 5.09. The summed E-state index contributed by atoms with van der Waals surface area (Å²) in [5, 5.41) is 4.08. The average Bonchev–Trinajstić information content (AvgIpc) is 3.30. The van der Waals surface area contributed by atoms with Gasteiger partial charge in [-0.25, -0.2) is 13.4 Å². The van der Waals surface area contributed by atoms with Gasteiger partial charge in [0.05, 0.1) is 22.5 Å². The van der Waals surface area contributed by atoms with Gasteiger partial charge in [0.15, 0.2) is 0 Å². The lowest BCUT2D eigenvalue weighted by Crippen LogP contribution is -2.10. The van der Waals surface area contributed by atoms with Crippen molar-refractivity contribution in [1.29, 1.82) is 0 Å². The van der Waals surface area contributed by atoms with Gasteiger partial charge < -0.3 is 9.09 Å². The summed E-state index contributed by atoms with van der Waals surface area (Å²) in [6, 6.07) is 14.9. The fourth-order valence-corrected chi connectivity index (χ4v) is 5.01. The Morgan fingerprint density at radius 3 is 2.36 bits per heavy atom. The number of aromatic nitrogens is 3. The minimum absolute atomic E-state index is 0.168. The van der Waals surface area contributed by atoms with Gasteiger partial charge in [-0.15, -0.1) is 0 Å². The van der Waals surface area contributed by atoms with E-state index in [1.807, 2.05) is 13.8 Å². The molecule has 0 unspecified atom stereocenters. The molecule has 6 nitrogen and oxygen atoms in total. The minimum atomic E-state index is -3.00. The normalized spacial score (nSPS) is 12.0. The molecule has 0 fully saturated rings. The molecular formula is C26H31N3O3S. The van der Waals surface area contributed by atoms with Crippen LogP contribution in [0.4, 0.5) is 0 Å². The predicted molar refractivity (Wildman–Crippen MR) is 132 cm³/mol. The molecule has 0 atom stereocenters. The van der Waals surface area contributed by atoms with Crippen LogP contribution in [-0.4, -0.2) is 35.1 Å². The molecule has 2 aromatic carbocycles. The minimum Gasteiger partial charge on any atom is -0.361 e. The molecule has 4 rings (SSSR count). The van der Waals surface area contributed by atoms with E-state index in [-0.39, 0.29) is 5.75 Å². The van der Waals surface area contributed by atoms with Crippen LogP contribution in [-0.2, 0) is 35.6 Å². The summed E-state index contributed by atoms with van der Waals surface area (Å²) in [6.07, 6.45) is 4.56. The number of aryl methyl sites for hydroxylation is 6. The summed E-state index contributed by atoms with van der Waals surface area (Å²) >= 11 is 0. The first-order valence-electron chi connectivity index (χ1n) is 11.4. The van der Waals surface area contributed by atoms with E-state index in [2.05, 4.69) is 59.1 Å². The molecule has 0 spiro atoms. The summed E-state index contributed by atoms with van der Waals surface area (Å²) in [5.74, 6) is 1.94. The number of imidazole rings is 1. The lowest BCUT2D eigenvalue weighted by Gasteiger charge is -2.10. The Balaban J connectivity index is 1.66. The molecule has 0 bridgehead atoms. The van der Waals surface area contributed by atoms with Gasteiger partial charge in [0.25, 0.3) is 0 Å². The molecule has 33 heavy (non-hydrogen) atoms. The van der Waals surface area contributed by atoms with Gasteiger partial charge in [-0.3, -0.25) is 0 Å². The van der Waals surface area contributed by atoms with E-state index in [9.17, 15) is 8.42 Å². The molecule has 0 aliphatic heterocycles. The smallest absolute Gasteiger partial charge is 0.147 e. The largest absolute Gasteiger partial charge is 0.361 e. The highest BCUT2D eigenvalue weighted by Gasteiger charge is 2.16. The average molecular weight is 466 g/mol. The molecule has 0 N–H and O–H groups in total. The third-order valence-corrected chi connectivity index (χ3v) is 7.14. The molecule has 0 aliphatic carbocycles. The zero-order valence-corrected chi connectivity index (χ0v) is 20.6. The van der Waals surface area contributed by atoms with Crippen molar-refractivity contribution >= 4 is 20.9 Å². The van der Waals surface area contributed by atoms with Crippen LogP contribution in [0, 0.1) is 13.8 Å². The third-order valence-electron chi connectivity index (χ3n) is 6.11. The first kappa shape index (κ1) is 23.2. The summed E-state index contributed by atoms with van der Waals surface area (Å²) in [7, 11) is -3.00. The Hall–Kier alpha value is -2.93. The standard InChI is InChI=1S/C26H31N3O3S/c1-5-20-7-9-21(10-8-20)11-14-25-27-23-17-22(26-18(2)28-32-19(26)3)12-13-24(23)29(25)15-6-16-33(4,30)31/h7-10,12-13,17H,5-6,11,14-16H2,1-4H3. The maximum atomic E-state index is 11.7. The van der Waals surface area contributed by atoms with Crippen LogP contribution in [0.3, 0.4) is 0 Å². The van der Waals surface area contributed by atoms with Crippen LogP contribution in [0.2, 0.25) is 0 Å². The van der Waals surface area contributed by atoms with Gasteiger partial charge in [-0.05, 0) is 61.9 Å². The summed E-state index contributed by atoms with van der Waals surface area (Å²) in [5.41, 5.74) is 7.42. The summed E-state index contributed by atoms with van der Waals surface area (Å²) in [4.78, 5) is 4.97. The number of hydrogen-bond donors (Lipinski definition) is 0.